The molecule has 0 saturated carbocycles. The first-order valence-electron chi connectivity index (χ1n) is 6.00. The molecule has 2 aromatic heterocycles. The molecule has 0 bridgehead atoms. The topological polar surface area (TPSA) is 55.4 Å². The summed E-state index contributed by atoms with van der Waals surface area (Å²) in [5.41, 5.74) is 2.49. The van der Waals surface area contributed by atoms with Crippen molar-refractivity contribution in [1.29, 1.82) is 0 Å². The van der Waals surface area contributed by atoms with Gasteiger partial charge in [0.25, 0.3) is 0 Å². The van der Waals surface area contributed by atoms with Gasteiger partial charge in [-0.25, -0.2) is 4.79 Å². The Balaban J connectivity index is 1.96. The molecule has 96 valence electrons. The van der Waals surface area contributed by atoms with Crippen molar-refractivity contribution in [1.82, 2.24) is 4.57 Å². The summed E-state index contributed by atoms with van der Waals surface area (Å²) in [6, 6.07) is 9.85. The summed E-state index contributed by atoms with van der Waals surface area (Å²) >= 11 is 0. The van der Waals surface area contributed by atoms with Crippen LogP contribution in [0.25, 0.3) is 10.9 Å². The Morgan fingerprint density at radius 3 is 2.89 bits per heavy atom. The van der Waals surface area contributed by atoms with Crippen molar-refractivity contribution < 1.29 is 14.3 Å². The molecule has 0 aliphatic heterocycles. The van der Waals surface area contributed by atoms with Crippen molar-refractivity contribution in [3.05, 3.63) is 59.7 Å². The summed E-state index contributed by atoms with van der Waals surface area (Å²) in [4.78, 5) is 10.8. The van der Waals surface area contributed by atoms with E-state index in [1.807, 2.05) is 23.8 Å². The van der Waals surface area contributed by atoms with Gasteiger partial charge in [-0.05, 0) is 36.1 Å². The monoisotopic (exact) mass is 255 g/mol. The zero-order valence-corrected chi connectivity index (χ0v) is 10.5. The first-order valence-corrected chi connectivity index (χ1v) is 6.00. The smallest absolute Gasteiger partial charge is 0.338 e. The lowest BCUT2D eigenvalue weighted by Crippen LogP contribution is -1.97. The number of rotatable bonds is 3. The lowest BCUT2D eigenvalue weighted by molar-refractivity contribution is 0.0696. The molecule has 4 heteroatoms. The van der Waals surface area contributed by atoms with Crippen LogP contribution in [0.15, 0.2) is 47.2 Å². The van der Waals surface area contributed by atoms with Gasteiger partial charge < -0.3 is 14.1 Å². The van der Waals surface area contributed by atoms with Gasteiger partial charge in [-0.2, -0.15) is 0 Å². The van der Waals surface area contributed by atoms with Crippen LogP contribution in [0.3, 0.4) is 0 Å². The molecule has 0 amide bonds. The standard InChI is InChI=1S/C15H13NO3/c1-10-2-3-11-4-5-16(14(11)6-10)8-13-7-12(9-19-13)15(17)18/h2-7,9H,8H2,1H3,(H,17,18). The maximum Gasteiger partial charge on any atom is 0.338 e. The fourth-order valence-electron chi connectivity index (χ4n) is 2.18. The summed E-state index contributed by atoms with van der Waals surface area (Å²) < 4.78 is 7.33. The van der Waals surface area contributed by atoms with E-state index < -0.39 is 5.97 Å². The number of aromatic nitrogens is 1. The molecule has 0 fully saturated rings. The van der Waals surface area contributed by atoms with Crippen molar-refractivity contribution in [3.8, 4) is 0 Å². The quantitative estimate of drug-likeness (QED) is 0.781. The third-order valence-electron chi connectivity index (χ3n) is 3.16. The summed E-state index contributed by atoms with van der Waals surface area (Å²) in [5, 5.41) is 10.0. The molecule has 1 aromatic carbocycles. The molecular weight excluding hydrogens is 242 g/mol. The molecule has 0 radical (unpaired) electrons. The number of fused-ring (bicyclic) bond motifs is 1. The Kier molecular flexibility index (Phi) is 2.63. The number of carboxylic acid groups (broad SMARTS) is 1. The minimum atomic E-state index is -0.969. The number of aromatic carboxylic acids is 1. The number of carboxylic acids is 1. The van der Waals surface area contributed by atoms with Crippen LogP contribution < -0.4 is 0 Å². The van der Waals surface area contributed by atoms with E-state index in [1.165, 1.54) is 11.8 Å². The van der Waals surface area contributed by atoms with Gasteiger partial charge in [0.2, 0.25) is 0 Å². The lowest BCUT2D eigenvalue weighted by Gasteiger charge is -2.03. The lowest BCUT2D eigenvalue weighted by atomic mass is 10.2. The first kappa shape index (κ1) is 11.6. The van der Waals surface area contributed by atoms with E-state index in [2.05, 4.69) is 18.2 Å². The first-order chi connectivity index (χ1) is 9.13. The largest absolute Gasteiger partial charge is 0.478 e. The average Bonchev–Trinajstić information content (AvgIpc) is 2.98. The van der Waals surface area contributed by atoms with E-state index in [9.17, 15) is 4.79 Å². The van der Waals surface area contributed by atoms with E-state index in [0.29, 0.717) is 12.3 Å². The fourth-order valence-corrected chi connectivity index (χ4v) is 2.18. The maximum absolute atomic E-state index is 10.8. The van der Waals surface area contributed by atoms with E-state index >= 15 is 0 Å². The Hall–Kier alpha value is -2.49. The van der Waals surface area contributed by atoms with Gasteiger partial charge in [0.05, 0.1) is 12.1 Å². The molecule has 4 nitrogen and oxygen atoms in total. The molecule has 0 aliphatic carbocycles. The van der Waals surface area contributed by atoms with Crippen molar-refractivity contribution in [3.63, 3.8) is 0 Å². The molecule has 3 aromatic rings. The van der Waals surface area contributed by atoms with Gasteiger partial charge in [-0.1, -0.05) is 12.1 Å². The number of hydrogen-bond acceptors (Lipinski definition) is 2. The third kappa shape index (κ3) is 2.12. The number of hydrogen-bond donors (Lipinski definition) is 1. The van der Waals surface area contributed by atoms with Crippen molar-refractivity contribution in [2.75, 3.05) is 0 Å². The summed E-state index contributed by atoms with van der Waals surface area (Å²) in [6.07, 6.45) is 3.25. The molecule has 3 rings (SSSR count). The number of carbonyl (C=O) groups is 1. The van der Waals surface area contributed by atoms with Crippen LogP contribution in [0.4, 0.5) is 0 Å². The van der Waals surface area contributed by atoms with E-state index in [0.717, 1.165) is 10.9 Å². The molecular formula is C15H13NO3. The van der Waals surface area contributed by atoms with E-state index in [1.54, 1.807) is 6.07 Å². The van der Waals surface area contributed by atoms with Crippen molar-refractivity contribution in [2.24, 2.45) is 0 Å². The summed E-state index contributed by atoms with van der Waals surface area (Å²) in [5.74, 6) is -0.334. The van der Waals surface area contributed by atoms with Crippen LogP contribution in [0.2, 0.25) is 0 Å². The highest BCUT2D eigenvalue weighted by Gasteiger charge is 2.09. The van der Waals surface area contributed by atoms with Gasteiger partial charge in [0.15, 0.2) is 0 Å². The highest BCUT2D eigenvalue weighted by Crippen LogP contribution is 2.19. The molecule has 0 aliphatic rings. The molecule has 0 atom stereocenters. The van der Waals surface area contributed by atoms with Crippen molar-refractivity contribution >= 4 is 16.9 Å². The SMILES string of the molecule is Cc1ccc2ccn(Cc3cc(C(=O)O)co3)c2c1. The second-order valence-electron chi connectivity index (χ2n) is 4.61. The van der Waals surface area contributed by atoms with Gasteiger partial charge in [-0.15, -0.1) is 0 Å². The van der Waals surface area contributed by atoms with Gasteiger partial charge in [-0.3, -0.25) is 0 Å². The second-order valence-corrected chi connectivity index (χ2v) is 4.61. The normalized spacial score (nSPS) is 11.0. The minimum Gasteiger partial charge on any atom is -0.478 e. The van der Waals surface area contributed by atoms with Gasteiger partial charge in [0.1, 0.15) is 12.0 Å². The Bertz CT molecular complexity index is 752. The molecule has 0 unspecified atom stereocenters. The highest BCUT2D eigenvalue weighted by molar-refractivity contribution is 5.87. The Morgan fingerprint density at radius 1 is 1.32 bits per heavy atom. The maximum atomic E-state index is 10.8. The van der Waals surface area contributed by atoms with Crippen LogP contribution in [-0.2, 0) is 6.54 Å². The minimum absolute atomic E-state index is 0.183. The van der Waals surface area contributed by atoms with E-state index in [-0.39, 0.29) is 5.56 Å². The second kappa shape index (κ2) is 4.31. The fraction of sp³-hybridized carbons (Fsp3) is 0.133. The predicted molar refractivity (Wildman–Crippen MR) is 71.4 cm³/mol. The number of aryl methyl sites for hydroxylation is 1. The zero-order chi connectivity index (χ0) is 13.4. The Morgan fingerprint density at radius 2 is 2.16 bits per heavy atom. The van der Waals surface area contributed by atoms with E-state index in [4.69, 9.17) is 9.52 Å². The molecule has 2 heterocycles. The predicted octanol–water partition coefficient (Wildman–Crippen LogP) is 3.29. The van der Waals surface area contributed by atoms with Crippen LogP contribution in [0.1, 0.15) is 21.7 Å². The van der Waals surface area contributed by atoms with Crippen LogP contribution >= 0.6 is 0 Å². The summed E-state index contributed by atoms with van der Waals surface area (Å²) in [6.45, 7) is 2.58. The van der Waals surface area contributed by atoms with Crippen LogP contribution in [-0.4, -0.2) is 15.6 Å². The van der Waals surface area contributed by atoms with Crippen LogP contribution in [0, 0.1) is 6.92 Å². The van der Waals surface area contributed by atoms with Crippen molar-refractivity contribution in [2.45, 2.75) is 13.5 Å². The zero-order valence-electron chi connectivity index (χ0n) is 10.5. The highest BCUT2D eigenvalue weighted by atomic mass is 16.4. The number of nitrogens with zero attached hydrogens (tertiary/aromatic N) is 1. The van der Waals surface area contributed by atoms with Crippen LogP contribution in [0.5, 0.6) is 0 Å². The molecule has 19 heavy (non-hydrogen) atoms. The molecule has 0 saturated heterocycles. The summed E-state index contributed by atoms with van der Waals surface area (Å²) in [7, 11) is 0. The average molecular weight is 255 g/mol. The van der Waals surface area contributed by atoms with Gasteiger partial charge in [0, 0.05) is 11.7 Å². The third-order valence-corrected chi connectivity index (χ3v) is 3.16. The van der Waals surface area contributed by atoms with Gasteiger partial charge >= 0.3 is 5.97 Å². The number of furan rings is 1. The molecule has 1 N–H and O–H groups in total. The molecule has 0 spiro atoms. The Labute approximate surface area is 109 Å². The number of benzene rings is 1.